The molecular weight excluding hydrogens is 376 g/mol. The molecule has 1 atom stereocenters. The summed E-state index contributed by atoms with van der Waals surface area (Å²) in [5.74, 6) is -0.744. The van der Waals surface area contributed by atoms with Crippen LogP contribution in [0.1, 0.15) is 17.0 Å². The Labute approximate surface area is 145 Å². The Hall–Kier alpha value is -2.79. The average molecular weight is 389 g/mol. The SMILES string of the molecule is Cn1c2c(c(=O)n(C)c1=O)[C@H](c1ccc(Br)cc1)C(C#N)=C(N)O2. The van der Waals surface area contributed by atoms with E-state index in [1.165, 1.54) is 18.7 Å². The Bertz CT molecular complexity index is 1030. The van der Waals surface area contributed by atoms with Crippen LogP contribution in [0.4, 0.5) is 0 Å². The van der Waals surface area contributed by atoms with Crippen molar-refractivity contribution in [3.8, 4) is 11.9 Å². The summed E-state index contributed by atoms with van der Waals surface area (Å²) < 4.78 is 8.50. The number of hydrogen-bond donors (Lipinski definition) is 1. The number of aromatic nitrogens is 2. The van der Waals surface area contributed by atoms with Gasteiger partial charge < -0.3 is 10.5 Å². The van der Waals surface area contributed by atoms with Crippen LogP contribution in [0.25, 0.3) is 0 Å². The molecule has 0 fully saturated rings. The van der Waals surface area contributed by atoms with Crippen LogP contribution in [0.5, 0.6) is 5.88 Å². The van der Waals surface area contributed by atoms with Gasteiger partial charge in [-0.1, -0.05) is 28.1 Å². The first-order chi connectivity index (χ1) is 11.4. The number of benzene rings is 1. The fourth-order valence-corrected chi connectivity index (χ4v) is 3.04. The maximum Gasteiger partial charge on any atom is 0.333 e. The van der Waals surface area contributed by atoms with E-state index in [0.717, 1.165) is 9.04 Å². The van der Waals surface area contributed by atoms with Gasteiger partial charge in [-0.25, -0.2) is 4.79 Å². The molecule has 0 bridgehead atoms. The second-order valence-electron chi connectivity index (χ2n) is 5.40. The first kappa shape index (κ1) is 16.1. The van der Waals surface area contributed by atoms with Crippen LogP contribution in [-0.2, 0) is 14.1 Å². The number of nitrogens with zero attached hydrogens (tertiary/aromatic N) is 3. The molecule has 1 aromatic carbocycles. The predicted molar refractivity (Wildman–Crippen MR) is 90.4 cm³/mol. The van der Waals surface area contributed by atoms with Gasteiger partial charge in [-0.3, -0.25) is 13.9 Å². The van der Waals surface area contributed by atoms with Crippen LogP contribution in [-0.4, -0.2) is 9.13 Å². The molecule has 0 radical (unpaired) electrons. The highest BCUT2D eigenvalue weighted by molar-refractivity contribution is 9.10. The third-order valence-electron chi connectivity index (χ3n) is 4.02. The number of rotatable bonds is 1. The van der Waals surface area contributed by atoms with Crippen LogP contribution >= 0.6 is 15.9 Å². The van der Waals surface area contributed by atoms with Crippen molar-refractivity contribution in [1.29, 1.82) is 5.26 Å². The summed E-state index contributed by atoms with van der Waals surface area (Å²) >= 11 is 3.35. The molecule has 2 heterocycles. The lowest BCUT2D eigenvalue weighted by molar-refractivity contribution is 0.348. The summed E-state index contributed by atoms with van der Waals surface area (Å²) in [5.41, 5.74) is 5.89. The number of hydrogen-bond acceptors (Lipinski definition) is 5. The molecule has 0 amide bonds. The maximum absolute atomic E-state index is 12.7. The standard InChI is InChI=1S/C16H13BrN4O3/c1-20-14(22)12-11(8-3-5-9(17)6-4-8)10(7-18)13(19)24-15(12)21(2)16(20)23/h3-6,11H,19H2,1-2H3/t11-/m1/s1. The lowest BCUT2D eigenvalue weighted by Gasteiger charge is -2.27. The largest absolute Gasteiger partial charge is 0.423 e. The van der Waals surface area contributed by atoms with E-state index in [9.17, 15) is 14.9 Å². The average Bonchev–Trinajstić information content (AvgIpc) is 2.57. The zero-order valence-corrected chi connectivity index (χ0v) is 14.5. The first-order valence-electron chi connectivity index (χ1n) is 6.99. The highest BCUT2D eigenvalue weighted by atomic mass is 79.9. The topological polar surface area (TPSA) is 103 Å². The molecule has 8 heteroatoms. The van der Waals surface area contributed by atoms with Crippen LogP contribution in [0.3, 0.4) is 0 Å². The zero-order chi connectivity index (χ0) is 17.6. The van der Waals surface area contributed by atoms with Crippen LogP contribution in [0, 0.1) is 11.3 Å². The fraction of sp³-hybridized carbons (Fsp3) is 0.188. The number of fused-ring (bicyclic) bond motifs is 1. The summed E-state index contributed by atoms with van der Waals surface area (Å²) in [7, 11) is 2.88. The van der Waals surface area contributed by atoms with E-state index < -0.39 is 17.2 Å². The second kappa shape index (κ2) is 5.69. The first-order valence-corrected chi connectivity index (χ1v) is 7.79. The van der Waals surface area contributed by atoms with Gasteiger partial charge in [0.1, 0.15) is 11.6 Å². The third-order valence-corrected chi connectivity index (χ3v) is 4.55. The molecule has 2 aromatic rings. The van der Waals surface area contributed by atoms with Gasteiger partial charge in [0.05, 0.1) is 11.5 Å². The van der Waals surface area contributed by atoms with E-state index in [1.54, 1.807) is 12.1 Å². The van der Waals surface area contributed by atoms with Gasteiger partial charge in [0.15, 0.2) is 0 Å². The minimum absolute atomic E-state index is 0.0625. The fourth-order valence-electron chi connectivity index (χ4n) is 2.78. The molecule has 0 unspecified atom stereocenters. The van der Waals surface area contributed by atoms with E-state index in [4.69, 9.17) is 10.5 Å². The number of nitrogens with two attached hydrogens (primary N) is 1. The Kier molecular flexibility index (Phi) is 3.81. The highest BCUT2D eigenvalue weighted by Crippen LogP contribution is 2.39. The molecule has 0 saturated heterocycles. The van der Waals surface area contributed by atoms with E-state index in [0.29, 0.717) is 5.56 Å². The van der Waals surface area contributed by atoms with Gasteiger partial charge in [0.25, 0.3) is 5.56 Å². The van der Waals surface area contributed by atoms with Crippen molar-refractivity contribution < 1.29 is 4.74 Å². The van der Waals surface area contributed by atoms with Crippen molar-refractivity contribution in [2.45, 2.75) is 5.92 Å². The molecule has 0 aliphatic carbocycles. The van der Waals surface area contributed by atoms with Gasteiger partial charge in [-0.15, -0.1) is 0 Å². The molecule has 1 aliphatic rings. The summed E-state index contributed by atoms with van der Waals surface area (Å²) in [6.45, 7) is 0. The monoisotopic (exact) mass is 388 g/mol. The molecule has 1 aromatic heterocycles. The molecule has 1 aliphatic heterocycles. The van der Waals surface area contributed by atoms with Gasteiger partial charge in [-0.2, -0.15) is 5.26 Å². The highest BCUT2D eigenvalue weighted by Gasteiger charge is 2.35. The van der Waals surface area contributed by atoms with Crippen LogP contribution in [0.2, 0.25) is 0 Å². The maximum atomic E-state index is 12.7. The second-order valence-corrected chi connectivity index (χ2v) is 6.32. The quantitative estimate of drug-likeness (QED) is 0.786. The number of halogens is 1. The summed E-state index contributed by atoms with van der Waals surface area (Å²) in [6.07, 6.45) is 0. The Morgan fingerprint density at radius 3 is 2.42 bits per heavy atom. The van der Waals surface area contributed by atoms with Crippen molar-refractivity contribution >= 4 is 15.9 Å². The molecule has 3 rings (SSSR count). The number of allylic oxidation sites excluding steroid dienone is 1. The lowest BCUT2D eigenvalue weighted by Crippen LogP contribution is -2.42. The predicted octanol–water partition coefficient (Wildman–Crippen LogP) is 1.06. The Balaban J connectivity index is 2.41. The van der Waals surface area contributed by atoms with Crippen molar-refractivity contribution in [3.05, 3.63) is 72.2 Å². The normalized spacial score (nSPS) is 16.3. The smallest absolute Gasteiger partial charge is 0.333 e. The summed E-state index contributed by atoms with van der Waals surface area (Å²) in [5, 5.41) is 9.50. The van der Waals surface area contributed by atoms with Crippen LogP contribution < -0.4 is 21.7 Å². The van der Waals surface area contributed by atoms with Crippen molar-refractivity contribution in [3.63, 3.8) is 0 Å². The Morgan fingerprint density at radius 1 is 1.21 bits per heavy atom. The summed E-state index contributed by atoms with van der Waals surface area (Å²) in [6, 6.07) is 9.22. The molecule has 7 nitrogen and oxygen atoms in total. The minimum Gasteiger partial charge on any atom is -0.423 e. The minimum atomic E-state index is -0.697. The molecule has 122 valence electrons. The van der Waals surface area contributed by atoms with E-state index in [-0.39, 0.29) is 22.9 Å². The van der Waals surface area contributed by atoms with Gasteiger partial charge in [-0.05, 0) is 17.7 Å². The van der Waals surface area contributed by atoms with Gasteiger partial charge in [0.2, 0.25) is 11.8 Å². The summed E-state index contributed by atoms with van der Waals surface area (Å²) in [4.78, 5) is 24.8. The van der Waals surface area contributed by atoms with E-state index in [1.807, 2.05) is 18.2 Å². The van der Waals surface area contributed by atoms with Crippen LogP contribution in [0.15, 0.2) is 49.8 Å². The van der Waals surface area contributed by atoms with Crippen molar-refractivity contribution in [1.82, 2.24) is 9.13 Å². The zero-order valence-electron chi connectivity index (χ0n) is 12.9. The molecular formula is C16H13BrN4O3. The third kappa shape index (κ3) is 2.25. The van der Waals surface area contributed by atoms with Crippen molar-refractivity contribution in [2.75, 3.05) is 0 Å². The molecule has 2 N–H and O–H groups in total. The van der Waals surface area contributed by atoms with E-state index >= 15 is 0 Å². The van der Waals surface area contributed by atoms with Gasteiger partial charge >= 0.3 is 5.69 Å². The lowest BCUT2D eigenvalue weighted by atomic mass is 9.85. The van der Waals surface area contributed by atoms with E-state index in [2.05, 4.69) is 15.9 Å². The molecule has 0 saturated carbocycles. The molecule has 24 heavy (non-hydrogen) atoms. The van der Waals surface area contributed by atoms with Gasteiger partial charge in [0, 0.05) is 18.6 Å². The molecule has 0 spiro atoms. The Morgan fingerprint density at radius 2 is 1.83 bits per heavy atom. The van der Waals surface area contributed by atoms with Crippen molar-refractivity contribution in [2.24, 2.45) is 19.8 Å². The number of ether oxygens (including phenoxy) is 1. The number of nitriles is 1.